The van der Waals surface area contributed by atoms with Gasteiger partial charge in [-0.15, -0.1) is 0 Å². The van der Waals surface area contributed by atoms with Gasteiger partial charge in [-0.1, -0.05) is 183 Å². The molecule has 0 aromatic carbocycles. The van der Waals surface area contributed by atoms with Crippen LogP contribution >= 0.6 is 0 Å². The van der Waals surface area contributed by atoms with E-state index in [1.54, 1.807) is 0 Å². The maximum atomic E-state index is 12.8. The highest BCUT2D eigenvalue weighted by Gasteiger charge is 2.19. The van der Waals surface area contributed by atoms with Crippen LogP contribution in [0.4, 0.5) is 0 Å². The van der Waals surface area contributed by atoms with E-state index in [1.807, 2.05) is 0 Å². The second-order valence-electron chi connectivity index (χ2n) is 16.3. The summed E-state index contributed by atoms with van der Waals surface area (Å²) in [5.41, 5.74) is 0. The lowest BCUT2D eigenvalue weighted by Crippen LogP contribution is -2.30. The zero-order valence-corrected chi connectivity index (χ0v) is 39.7. The van der Waals surface area contributed by atoms with E-state index in [0.717, 1.165) is 135 Å². The van der Waals surface area contributed by atoms with Crippen molar-refractivity contribution in [2.24, 2.45) is 0 Å². The van der Waals surface area contributed by atoms with Crippen LogP contribution in [-0.4, -0.2) is 37.2 Å². The van der Waals surface area contributed by atoms with Gasteiger partial charge in [-0.2, -0.15) is 0 Å². The summed E-state index contributed by atoms with van der Waals surface area (Å²) in [6.07, 6.45) is 62.7. The summed E-state index contributed by atoms with van der Waals surface area (Å²) in [7, 11) is 0. The first-order valence-electron chi connectivity index (χ1n) is 25.1. The molecule has 0 fully saturated rings. The van der Waals surface area contributed by atoms with Crippen molar-refractivity contribution in [3.8, 4) is 0 Å². The van der Waals surface area contributed by atoms with Crippen molar-refractivity contribution in [2.75, 3.05) is 13.2 Å². The minimum atomic E-state index is -0.798. The van der Waals surface area contributed by atoms with Crippen LogP contribution in [0.3, 0.4) is 0 Å². The van der Waals surface area contributed by atoms with Gasteiger partial charge in [0.15, 0.2) is 6.10 Å². The standard InChI is InChI=1S/C55H92O6/c1-4-7-10-13-16-19-22-24-26-27-29-31-34-37-40-43-46-49-55(58)61-52(50-59-53(56)47-44-41-38-35-32-21-18-15-12-9-6-3)51-60-54(57)48-45-42-39-36-33-30-28-25-23-20-17-14-11-8-5-2/h8,11,15-20,24-26,28-29,31,52H,4-7,9-10,12-14,21-23,27,30,32-51H2,1-3H3/b11-8-,18-15-,19-16-,20-17-,26-24-,28-25-,31-29-/t52-/m0/s1. The van der Waals surface area contributed by atoms with E-state index in [1.165, 1.54) is 51.4 Å². The lowest BCUT2D eigenvalue weighted by molar-refractivity contribution is -0.167. The second kappa shape index (κ2) is 49.2. The average molecular weight is 849 g/mol. The number of allylic oxidation sites excluding steroid dienone is 14. The average Bonchev–Trinajstić information content (AvgIpc) is 3.26. The van der Waals surface area contributed by atoms with E-state index in [9.17, 15) is 14.4 Å². The molecule has 0 amide bonds. The number of esters is 3. The van der Waals surface area contributed by atoms with Crippen molar-refractivity contribution < 1.29 is 28.6 Å². The summed E-state index contributed by atoms with van der Waals surface area (Å²) < 4.78 is 16.7. The summed E-state index contributed by atoms with van der Waals surface area (Å²) in [5.74, 6) is -0.948. The Bertz CT molecular complexity index is 1200. The summed E-state index contributed by atoms with van der Waals surface area (Å²) in [4.78, 5) is 37.9. The third-order valence-electron chi connectivity index (χ3n) is 10.4. The summed E-state index contributed by atoms with van der Waals surface area (Å²) in [6, 6.07) is 0. The lowest BCUT2D eigenvalue weighted by Gasteiger charge is -2.18. The van der Waals surface area contributed by atoms with Crippen LogP contribution in [0.25, 0.3) is 0 Å². The molecule has 6 nitrogen and oxygen atoms in total. The van der Waals surface area contributed by atoms with E-state index >= 15 is 0 Å². The van der Waals surface area contributed by atoms with Gasteiger partial charge < -0.3 is 14.2 Å². The highest BCUT2D eigenvalue weighted by atomic mass is 16.6. The fourth-order valence-corrected chi connectivity index (χ4v) is 6.56. The molecular weight excluding hydrogens is 757 g/mol. The van der Waals surface area contributed by atoms with Gasteiger partial charge in [-0.3, -0.25) is 14.4 Å². The first-order valence-corrected chi connectivity index (χ1v) is 25.1. The van der Waals surface area contributed by atoms with Gasteiger partial charge in [-0.05, 0) is 109 Å². The Hall–Kier alpha value is -3.41. The Morgan fingerprint density at radius 1 is 0.344 bits per heavy atom. The molecule has 0 rings (SSSR count). The molecule has 0 N–H and O–H groups in total. The van der Waals surface area contributed by atoms with Gasteiger partial charge in [-0.25, -0.2) is 0 Å². The number of carbonyl (C=O) groups is 3. The third-order valence-corrected chi connectivity index (χ3v) is 10.4. The third kappa shape index (κ3) is 47.5. The number of carbonyl (C=O) groups excluding carboxylic acids is 3. The summed E-state index contributed by atoms with van der Waals surface area (Å²) in [6.45, 7) is 6.41. The Labute approximate surface area is 375 Å². The van der Waals surface area contributed by atoms with Crippen LogP contribution in [0, 0.1) is 0 Å². The fourth-order valence-electron chi connectivity index (χ4n) is 6.56. The number of hydrogen-bond donors (Lipinski definition) is 0. The molecule has 1 atom stereocenters. The molecule has 0 bridgehead atoms. The molecule has 348 valence electrons. The fraction of sp³-hybridized carbons (Fsp3) is 0.691. The molecule has 0 saturated heterocycles. The SMILES string of the molecule is CC/C=C\C/C=C\C/C=C\CCCCCCCC(=O)OC[C@H](COC(=O)CCCCCCC/C=C\CCCC)OC(=O)CCCCCC/C=C\C/C=C\C/C=C\CCCCC. The Morgan fingerprint density at radius 2 is 0.656 bits per heavy atom. The second-order valence-corrected chi connectivity index (χ2v) is 16.3. The highest BCUT2D eigenvalue weighted by Crippen LogP contribution is 2.13. The van der Waals surface area contributed by atoms with Crippen molar-refractivity contribution in [1.29, 1.82) is 0 Å². The summed E-state index contributed by atoms with van der Waals surface area (Å²) >= 11 is 0. The molecular formula is C55H92O6. The number of rotatable bonds is 44. The Balaban J connectivity index is 4.46. The van der Waals surface area contributed by atoms with Gasteiger partial charge in [0.2, 0.25) is 0 Å². The van der Waals surface area contributed by atoms with Crippen LogP contribution < -0.4 is 0 Å². The molecule has 0 radical (unpaired) electrons. The van der Waals surface area contributed by atoms with Crippen molar-refractivity contribution in [1.82, 2.24) is 0 Å². The normalized spacial score (nSPS) is 12.8. The predicted molar refractivity (Wildman–Crippen MR) is 261 cm³/mol. The van der Waals surface area contributed by atoms with E-state index < -0.39 is 6.10 Å². The topological polar surface area (TPSA) is 78.9 Å². The van der Waals surface area contributed by atoms with Crippen molar-refractivity contribution in [2.45, 2.75) is 232 Å². The minimum Gasteiger partial charge on any atom is -0.462 e. The zero-order chi connectivity index (χ0) is 44.4. The first-order chi connectivity index (χ1) is 30.0. The number of unbranched alkanes of at least 4 members (excludes halogenated alkanes) is 19. The van der Waals surface area contributed by atoms with Gasteiger partial charge in [0.05, 0.1) is 0 Å². The van der Waals surface area contributed by atoms with E-state index in [2.05, 4.69) is 106 Å². The molecule has 6 heteroatoms. The largest absolute Gasteiger partial charge is 0.462 e. The number of hydrogen-bond acceptors (Lipinski definition) is 6. The van der Waals surface area contributed by atoms with Crippen molar-refractivity contribution in [3.05, 3.63) is 85.1 Å². The molecule has 0 aromatic heterocycles. The van der Waals surface area contributed by atoms with E-state index in [-0.39, 0.29) is 31.1 Å². The molecule has 0 aliphatic heterocycles. The van der Waals surface area contributed by atoms with Gasteiger partial charge >= 0.3 is 17.9 Å². The smallest absolute Gasteiger partial charge is 0.306 e. The van der Waals surface area contributed by atoms with Gasteiger partial charge in [0.1, 0.15) is 13.2 Å². The van der Waals surface area contributed by atoms with Crippen LogP contribution in [0.1, 0.15) is 226 Å². The molecule has 0 aromatic rings. The van der Waals surface area contributed by atoms with E-state index in [4.69, 9.17) is 14.2 Å². The predicted octanol–water partition coefficient (Wildman–Crippen LogP) is 16.4. The monoisotopic (exact) mass is 849 g/mol. The van der Waals surface area contributed by atoms with Crippen LogP contribution in [-0.2, 0) is 28.6 Å². The van der Waals surface area contributed by atoms with Crippen molar-refractivity contribution in [3.63, 3.8) is 0 Å². The molecule has 0 aliphatic carbocycles. The molecule has 0 heterocycles. The molecule has 0 aliphatic rings. The van der Waals surface area contributed by atoms with Crippen LogP contribution in [0.15, 0.2) is 85.1 Å². The van der Waals surface area contributed by atoms with E-state index in [0.29, 0.717) is 19.3 Å². The number of ether oxygens (including phenoxy) is 3. The maximum Gasteiger partial charge on any atom is 0.306 e. The Kier molecular flexibility index (Phi) is 46.5. The highest BCUT2D eigenvalue weighted by molar-refractivity contribution is 5.71. The lowest BCUT2D eigenvalue weighted by atomic mass is 10.1. The molecule has 0 unspecified atom stereocenters. The molecule has 61 heavy (non-hydrogen) atoms. The quantitative estimate of drug-likeness (QED) is 0.0263. The van der Waals surface area contributed by atoms with Gasteiger partial charge in [0.25, 0.3) is 0 Å². The van der Waals surface area contributed by atoms with Crippen LogP contribution in [0.2, 0.25) is 0 Å². The first kappa shape index (κ1) is 57.6. The molecule has 0 saturated carbocycles. The van der Waals surface area contributed by atoms with Crippen LogP contribution in [0.5, 0.6) is 0 Å². The minimum absolute atomic E-state index is 0.0967. The Morgan fingerprint density at radius 3 is 1.07 bits per heavy atom. The maximum absolute atomic E-state index is 12.8. The van der Waals surface area contributed by atoms with Crippen molar-refractivity contribution >= 4 is 17.9 Å². The van der Waals surface area contributed by atoms with Gasteiger partial charge in [0, 0.05) is 19.3 Å². The molecule has 0 spiro atoms. The zero-order valence-electron chi connectivity index (χ0n) is 39.7. The summed E-state index contributed by atoms with van der Waals surface area (Å²) in [5, 5.41) is 0.